The van der Waals surface area contributed by atoms with Crippen LogP contribution < -0.4 is 10.6 Å². The molecule has 0 heterocycles. The standard InChI is InChI=1S/C10H24N2O2/c1-13-9-7-11-5-3-4-6-12-8-10-14-2/h11-12H,3-10H2,1-2H3. The quantitative estimate of drug-likeness (QED) is 0.473. The molecule has 0 saturated heterocycles. The van der Waals surface area contributed by atoms with Gasteiger partial charge in [0.2, 0.25) is 0 Å². The maximum absolute atomic E-state index is 4.93. The van der Waals surface area contributed by atoms with Crippen molar-refractivity contribution in [2.24, 2.45) is 0 Å². The molecule has 0 aromatic rings. The lowest BCUT2D eigenvalue weighted by Gasteiger charge is -2.05. The molecule has 86 valence electrons. The average molecular weight is 204 g/mol. The topological polar surface area (TPSA) is 42.5 Å². The Morgan fingerprint density at radius 3 is 1.50 bits per heavy atom. The molecule has 2 N–H and O–H groups in total. The number of nitrogens with one attached hydrogen (secondary N) is 2. The second-order valence-corrected chi connectivity index (χ2v) is 3.19. The second kappa shape index (κ2) is 12.8. The third-order valence-electron chi connectivity index (χ3n) is 1.92. The number of rotatable bonds is 11. The Morgan fingerprint density at radius 2 is 1.14 bits per heavy atom. The summed E-state index contributed by atoms with van der Waals surface area (Å²) in [6, 6.07) is 0. The molecular formula is C10H24N2O2. The summed E-state index contributed by atoms with van der Waals surface area (Å²) in [5, 5.41) is 6.62. The SMILES string of the molecule is COCCNCCCCNCCOC. The van der Waals surface area contributed by atoms with E-state index in [2.05, 4.69) is 10.6 Å². The molecule has 4 nitrogen and oxygen atoms in total. The molecule has 0 aliphatic carbocycles. The highest BCUT2D eigenvalue weighted by atomic mass is 16.5. The van der Waals surface area contributed by atoms with Crippen molar-refractivity contribution in [3.05, 3.63) is 0 Å². The molecule has 0 rings (SSSR count). The van der Waals surface area contributed by atoms with Crippen LogP contribution in [-0.2, 0) is 9.47 Å². The van der Waals surface area contributed by atoms with Gasteiger partial charge in [-0.1, -0.05) is 0 Å². The molecule has 0 atom stereocenters. The fourth-order valence-corrected chi connectivity index (χ4v) is 1.10. The Balaban J connectivity index is 2.78. The molecule has 0 aromatic carbocycles. The van der Waals surface area contributed by atoms with E-state index in [0.717, 1.165) is 39.4 Å². The fourth-order valence-electron chi connectivity index (χ4n) is 1.10. The second-order valence-electron chi connectivity index (χ2n) is 3.19. The Kier molecular flexibility index (Phi) is 12.7. The summed E-state index contributed by atoms with van der Waals surface area (Å²) in [5.41, 5.74) is 0. The first-order chi connectivity index (χ1) is 6.91. The van der Waals surface area contributed by atoms with Gasteiger partial charge in [0.15, 0.2) is 0 Å². The highest BCUT2D eigenvalue weighted by Crippen LogP contribution is 1.83. The molecule has 0 saturated carbocycles. The van der Waals surface area contributed by atoms with Crippen molar-refractivity contribution in [1.29, 1.82) is 0 Å². The molecule has 0 spiro atoms. The lowest BCUT2D eigenvalue weighted by atomic mass is 10.3. The van der Waals surface area contributed by atoms with E-state index in [9.17, 15) is 0 Å². The van der Waals surface area contributed by atoms with Crippen LogP contribution in [0.4, 0.5) is 0 Å². The molecule has 0 radical (unpaired) electrons. The highest BCUT2D eigenvalue weighted by Gasteiger charge is 1.89. The van der Waals surface area contributed by atoms with E-state index in [4.69, 9.17) is 9.47 Å². The molecule has 4 heteroatoms. The van der Waals surface area contributed by atoms with Crippen LogP contribution in [0.25, 0.3) is 0 Å². The molecule has 0 aliphatic rings. The van der Waals surface area contributed by atoms with Gasteiger partial charge in [-0.25, -0.2) is 0 Å². The Bertz CT molecular complexity index is 90.1. The van der Waals surface area contributed by atoms with E-state index in [1.54, 1.807) is 14.2 Å². The number of hydrogen-bond donors (Lipinski definition) is 2. The predicted molar refractivity (Wildman–Crippen MR) is 58.7 cm³/mol. The van der Waals surface area contributed by atoms with E-state index >= 15 is 0 Å². The Hall–Kier alpha value is -0.160. The summed E-state index contributed by atoms with van der Waals surface area (Å²) in [6.07, 6.45) is 2.42. The van der Waals surface area contributed by atoms with Gasteiger partial charge in [0.25, 0.3) is 0 Å². The van der Waals surface area contributed by atoms with Crippen LogP contribution in [0, 0.1) is 0 Å². The number of hydrogen-bond acceptors (Lipinski definition) is 4. The smallest absolute Gasteiger partial charge is 0.0587 e. The molecule has 0 amide bonds. The van der Waals surface area contributed by atoms with Crippen LogP contribution in [0.1, 0.15) is 12.8 Å². The maximum atomic E-state index is 4.93. The van der Waals surface area contributed by atoms with Gasteiger partial charge in [0, 0.05) is 27.3 Å². The first kappa shape index (κ1) is 13.8. The lowest BCUT2D eigenvalue weighted by Crippen LogP contribution is -2.23. The zero-order chi connectivity index (χ0) is 10.5. The molecule has 14 heavy (non-hydrogen) atoms. The largest absolute Gasteiger partial charge is 0.383 e. The van der Waals surface area contributed by atoms with Gasteiger partial charge < -0.3 is 20.1 Å². The van der Waals surface area contributed by atoms with Crippen LogP contribution in [-0.4, -0.2) is 53.6 Å². The summed E-state index contributed by atoms with van der Waals surface area (Å²) < 4.78 is 9.85. The summed E-state index contributed by atoms with van der Waals surface area (Å²) in [5.74, 6) is 0. The van der Waals surface area contributed by atoms with Crippen molar-refractivity contribution in [2.75, 3.05) is 53.6 Å². The van der Waals surface area contributed by atoms with Crippen molar-refractivity contribution < 1.29 is 9.47 Å². The van der Waals surface area contributed by atoms with Crippen molar-refractivity contribution >= 4 is 0 Å². The first-order valence-electron chi connectivity index (χ1n) is 5.31. The molecular weight excluding hydrogens is 180 g/mol. The van der Waals surface area contributed by atoms with Gasteiger partial charge in [0.05, 0.1) is 13.2 Å². The van der Waals surface area contributed by atoms with Crippen LogP contribution in [0.2, 0.25) is 0 Å². The van der Waals surface area contributed by atoms with Gasteiger partial charge in [-0.15, -0.1) is 0 Å². The first-order valence-corrected chi connectivity index (χ1v) is 5.31. The van der Waals surface area contributed by atoms with Crippen LogP contribution in [0.3, 0.4) is 0 Å². The van der Waals surface area contributed by atoms with Crippen molar-refractivity contribution in [2.45, 2.75) is 12.8 Å². The van der Waals surface area contributed by atoms with Crippen molar-refractivity contribution in [3.8, 4) is 0 Å². The van der Waals surface area contributed by atoms with E-state index in [1.165, 1.54) is 12.8 Å². The number of unbranched alkanes of at least 4 members (excludes halogenated alkanes) is 1. The summed E-state index contributed by atoms with van der Waals surface area (Å²) in [4.78, 5) is 0. The van der Waals surface area contributed by atoms with E-state index in [-0.39, 0.29) is 0 Å². The third kappa shape index (κ3) is 11.8. The fraction of sp³-hybridized carbons (Fsp3) is 1.00. The van der Waals surface area contributed by atoms with E-state index < -0.39 is 0 Å². The molecule has 0 aliphatic heterocycles. The minimum absolute atomic E-state index is 0.798. The van der Waals surface area contributed by atoms with E-state index in [1.807, 2.05) is 0 Å². The van der Waals surface area contributed by atoms with Crippen LogP contribution >= 0.6 is 0 Å². The summed E-state index contributed by atoms with van der Waals surface area (Å²) in [7, 11) is 3.45. The lowest BCUT2D eigenvalue weighted by molar-refractivity contribution is 0.198. The maximum Gasteiger partial charge on any atom is 0.0587 e. The van der Waals surface area contributed by atoms with Crippen LogP contribution in [0.5, 0.6) is 0 Å². The summed E-state index contributed by atoms with van der Waals surface area (Å²) >= 11 is 0. The normalized spacial score (nSPS) is 10.7. The van der Waals surface area contributed by atoms with Gasteiger partial charge in [-0.2, -0.15) is 0 Å². The monoisotopic (exact) mass is 204 g/mol. The van der Waals surface area contributed by atoms with E-state index in [0.29, 0.717) is 0 Å². The molecule has 0 aromatic heterocycles. The molecule has 0 fully saturated rings. The van der Waals surface area contributed by atoms with Crippen molar-refractivity contribution in [3.63, 3.8) is 0 Å². The molecule has 0 bridgehead atoms. The van der Waals surface area contributed by atoms with Gasteiger partial charge in [-0.05, 0) is 25.9 Å². The van der Waals surface area contributed by atoms with Crippen molar-refractivity contribution in [1.82, 2.24) is 10.6 Å². The zero-order valence-electron chi connectivity index (χ0n) is 9.47. The number of methoxy groups -OCH3 is 2. The van der Waals surface area contributed by atoms with Gasteiger partial charge >= 0.3 is 0 Å². The Morgan fingerprint density at radius 1 is 0.714 bits per heavy atom. The van der Waals surface area contributed by atoms with Crippen LogP contribution in [0.15, 0.2) is 0 Å². The Labute approximate surface area is 87.4 Å². The predicted octanol–water partition coefficient (Wildman–Crippen LogP) is 0.239. The minimum Gasteiger partial charge on any atom is -0.383 e. The minimum atomic E-state index is 0.798. The van der Waals surface area contributed by atoms with Gasteiger partial charge in [-0.3, -0.25) is 0 Å². The third-order valence-corrected chi connectivity index (χ3v) is 1.92. The zero-order valence-corrected chi connectivity index (χ0v) is 9.47. The highest BCUT2D eigenvalue weighted by molar-refractivity contribution is 4.51. The number of ether oxygens (including phenoxy) is 2. The molecule has 0 unspecified atom stereocenters. The summed E-state index contributed by atoms with van der Waals surface area (Å²) in [6.45, 7) is 5.66. The van der Waals surface area contributed by atoms with Gasteiger partial charge in [0.1, 0.15) is 0 Å². The average Bonchev–Trinajstić information content (AvgIpc) is 2.21.